The fourth-order valence-corrected chi connectivity index (χ4v) is 2.55. The van der Waals surface area contributed by atoms with Crippen molar-refractivity contribution in [2.45, 2.75) is 58.5 Å². The van der Waals surface area contributed by atoms with Gasteiger partial charge in [-0.1, -0.05) is 6.92 Å². The normalized spacial score (nSPS) is 23.1. The molecule has 5 heteroatoms. The molecule has 2 aliphatic rings. The van der Waals surface area contributed by atoms with E-state index in [9.17, 15) is 0 Å². The first kappa shape index (κ1) is 18.0. The molecule has 0 aromatic rings. The van der Waals surface area contributed by atoms with E-state index in [1.54, 1.807) is 0 Å². The zero-order valence-corrected chi connectivity index (χ0v) is 15.5. The van der Waals surface area contributed by atoms with Gasteiger partial charge in [0.25, 0.3) is 0 Å². The number of aliphatic imine (C=N–C) groups is 1. The molecule has 2 rings (SSSR count). The number of rotatable bonds is 5. The van der Waals surface area contributed by atoms with Gasteiger partial charge in [0.15, 0.2) is 5.96 Å². The second kappa shape index (κ2) is 9.07. The molecule has 1 unspecified atom stereocenters. The van der Waals surface area contributed by atoms with Crippen molar-refractivity contribution in [2.75, 3.05) is 26.2 Å². The van der Waals surface area contributed by atoms with Gasteiger partial charge < -0.3 is 10.6 Å². The number of halogens is 1. The average Bonchev–Trinajstić information content (AvgIpc) is 3.21. The minimum atomic E-state index is 0. The summed E-state index contributed by atoms with van der Waals surface area (Å²) in [6.07, 6.45) is 5.27. The molecule has 0 spiro atoms. The summed E-state index contributed by atoms with van der Waals surface area (Å²) < 4.78 is 0. The fourth-order valence-electron chi connectivity index (χ4n) is 2.55. The van der Waals surface area contributed by atoms with Crippen LogP contribution in [0.2, 0.25) is 0 Å². The third-order valence-electron chi connectivity index (χ3n) is 4.22. The zero-order chi connectivity index (χ0) is 13.7. The van der Waals surface area contributed by atoms with Crippen LogP contribution in [-0.4, -0.2) is 49.1 Å². The van der Waals surface area contributed by atoms with Gasteiger partial charge in [-0.05, 0) is 58.5 Å². The minimum Gasteiger partial charge on any atom is -0.357 e. The summed E-state index contributed by atoms with van der Waals surface area (Å²) >= 11 is 0. The number of hydrogen-bond acceptors (Lipinski definition) is 2. The molecule has 0 aromatic carbocycles. The Kier molecular flexibility index (Phi) is 8.17. The Morgan fingerprint density at radius 1 is 1.25 bits per heavy atom. The largest absolute Gasteiger partial charge is 0.357 e. The highest BCUT2D eigenvalue weighted by Crippen LogP contribution is 2.19. The maximum Gasteiger partial charge on any atom is 0.191 e. The van der Waals surface area contributed by atoms with Crippen molar-refractivity contribution in [2.24, 2.45) is 10.9 Å². The van der Waals surface area contributed by atoms with Crippen LogP contribution in [0.25, 0.3) is 0 Å². The van der Waals surface area contributed by atoms with Crippen molar-refractivity contribution in [3.63, 3.8) is 0 Å². The van der Waals surface area contributed by atoms with Gasteiger partial charge in [-0.25, -0.2) is 0 Å². The Bertz CT molecular complexity index is 296. The van der Waals surface area contributed by atoms with E-state index in [4.69, 9.17) is 4.99 Å². The van der Waals surface area contributed by atoms with Crippen LogP contribution in [0.1, 0.15) is 46.5 Å². The molecule has 0 aromatic heterocycles. The van der Waals surface area contributed by atoms with Crippen molar-refractivity contribution in [3.05, 3.63) is 0 Å². The highest BCUT2D eigenvalue weighted by atomic mass is 127. The first-order valence-electron chi connectivity index (χ1n) is 7.98. The number of nitrogens with one attached hydrogen (secondary N) is 2. The summed E-state index contributed by atoms with van der Waals surface area (Å²) in [4.78, 5) is 7.33. The van der Waals surface area contributed by atoms with E-state index in [0.29, 0.717) is 12.1 Å². The number of piperidine rings is 1. The predicted octanol–water partition coefficient (Wildman–Crippen LogP) is 2.44. The summed E-state index contributed by atoms with van der Waals surface area (Å²) in [5.74, 6) is 1.91. The number of guanidine groups is 1. The van der Waals surface area contributed by atoms with Gasteiger partial charge in [-0.15, -0.1) is 24.0 Å². The molecule has 0 bridgehead atoms. The first-order chi connectivity index (χ1) is 9.19. The number of likely N-dealkylation sites (tertiary alicyclic amines) is 1. The van der Waals surface area contributed by atoms with Gasteiger partial charge in [0.05, 0.1) is 6.54 Å². The zero-order valence-electron chi connectivity index (χ0n) is 13.2. The third kappa shape index (κ3) is 6.16. The lowest BCUT2D eigenvalue weighted by atomic mass is 9.98. The Morgan fingerprint density at radius 2 is 1.90 bits per heavy atom. The predicted molar refractivity (Wildman–Crippen MR) is 97.0 cm³/mol. The molecule has 1 atom stereocenters. The summed E-state index contributed by atoms with van der Waals surface area (Å²) in [6, 6.07) is 1.23. The molecule has 1 aliphatic heterocycles. The second-order valence-electron chi connectivity index (χ2n) is 6.21. The standard InChI is InChI=1S/C15H30N4.HI/c1-4-16-15(18-14-5-6-14)17-11-13(3)19-9-7-12(2)8-10-19;/h12-14H,4-11H2,1-3H3,(H2,16,17,18);1H. The van der Waals surface area contributed by atoms with Crippen LogP contribution in [-0.2, 0) is 0 Å². The lowest BCUT2D eigenvalue weighted by Crippen LogP contribution is -2.43. The monoisotopic (exact) mass is 394 g/mol. The van der Waals surface area contributed by atoms with Crippen LogP contribution in [0.3, 0.4) is 0 Å². The highest BCUT2D eigenvalue weighted by molar-refractivity contribution is 14.0. The van der Waals surface area contributed by atoms with Crippen LogP contribution in [0, 0.1) is 5.92 Å². The maximum atomic E-state index is 4.74. The molecule has 1 saturated carbocycles. The summed E-state index contributed by atoms with van der Waals surface area (Å²) in [5, 5.41) is 6.82. The first-order valence-corrected chi connectivity index (χ1v) is 7.98. The SMILES string of the molecule is CCNC(=NCC(C)N1CCC(C)CC1)NC1CC1.I. The minimum absolute atomic E-state index is 0. The Labute approximate surface area is 141 Å². The summed E-state index contributed by atoms with van der Waals surface area (Å²) in [6.45, 7) is 11.1. The van der Waals surface area contributed by atoms with E-state index in [1.807, 2.05) is 0 Å². The van der Waals surface area contributed by atoms with Gasteiger partial charge in [0, 0.05) is 18.6 Å². The van der Waals surface area contributed by atoms with Crippen molar-refractivity contribution >= 4 is 29.9 Å². The molecule has 4 nitrogen and oxygen atoms in total. The van der Waals surface area contributed by atoms with E-state index in [-0.39, 0.29) is 24.0 Å². The van der Waals surface area contributed by atoms with Gasteiger partial charge in [-0.3, -0.25) is 9.89 Å². The van der Waals surface area contributed by atoms with E-state index >= 15 is 0 Å². The number of nitrogens with zero attached hydrogens (tertiary/aromatic N) is 2. The van der Waals surface area contributed by atoms with E-state index in [1.165, 1.54) is 38.8 Å². The fraction of sp³-hybridized carbons (Fsp3) is 0.933. The highest BCUT2D eigenvalue weighted by Gasteiger charge is 2.23. The smallest absolute Gasteiger partial charge is 0.191 e. The van der Waals surface area contributed by atoms with Gasteiger partial charge >= 0.3 is 0 Å². The molecule has 0 radical (unpaired) electrons. The molecular formula is C15H31IN4. The Hall–Kier alpha value is -0.0400. The van der Waals surface area contributed by atoms with Crippen LogP contribution in [0.4, 0.5) is 0 Å². The van der Waals surface area contributed by atoms with Crippen LogP contribution in [0.15, 0.2) is 4.99 Å². The van der Waals surface area contributed by atoms with Gasteiger partial charge in [-0.2, -0.15) is 0 Å². The molecule has 2 N–H and O–H groups in total. The van der Waals surface area contributed by atoms with E-state index in [2.05, 4.69) is 36.3 Å². The van der Waals surface area contributed by atoms with Crippen molar-refractivity contribution in [1.82, 2.24) is 15.5 Å². The number of hydrogen-bond donors (Lipinski definition) is 2. The van der Waals surface area contributed by atoms with Crippen molar-refractivity contribution < 1.29 is 0 Å². The van der Waals surface area contributed by atoms with E-state index < -0.39 is 0 Å². The Balaban J connectivity index is 0.00000200. The molecular weight excluding hydrogens is 363 g/mol. The molecule has 2 fully saturated rings. The average molecular weight is 394 g/mol. The Morgan fingerprint density at radius 3 is 2.45 bits per heavy atom. The molecule has 1 saturated heterocycles. The maximum absolute atomic E-state index is 4.74. The van der Waals surface area contributed by atoms with Crippen LogP contribution >= 0.6 is 24.0 Å². The van der Waals surface area contributed by atoms with Crippen LogP contribution in [0.5, 0.6) is 0 Å². The van der Waals surface area contributed by atoms with Crippen LogP contribution < -0.4 is 10.6 Å². The topological polar surface area (TPSA) is 39.7 Å². The molecule has 20 heavy (non-hydrogen) atoms. The van der Waals surface area contributed by atoms with Crippen molar-refractivity contribution in [1.29, 1.82) is 0 Å². The van der Waals surface area contributed by atoms with E-state index in [0.717, 1.165) is 25.0 Å². The third-order valence-corrected chi connectivity index (χ3v) is 4.22. The molecule has 1 heterocycles. The van der Waals surface area contributed by atoms with Gasteiger partial charge in [0.1, 0.15) is 0 Å². The molecule has 118 valence electrons. The summed E-state index contributed by atoms with van der Waals surface area (Å²) in [5.41, 5.74) is 0. The quantitative estimate of drug-likeness (QED) is 0.428. The lowest BCUT2D eigenvalue weighted by molar-refractivity contribution is 0.150. The lowest BCUT2D eigenvalue weighted by Gasteiger charge is -2.34. The molecule has 1 aliphatic carbocycles. The summed E-state index contributed by atoms with van der Waals surface area (Å²) in [7, 11) is 0. The van der Waals surface area contributed by atoms with Crippen molar-refractivity contribution in [3.8, 4) is 0 Å². The second-order valence-corrected chi connectivity index (χ2v) is 6.21. The van der Waals surface area contributed by atoms with Gasteiger partial charge in [0.2, 0.25) is 0 Å². The molecule has 0 amide bonds.